The summed E-state index contributed by atoms with van der Waals surface area (Å²) in [6, 6.07) is 8.72. The lowest BCUT2D eigenvalue weighted by Gasteiger charge is -2.39. The van der Waals surface area contributed by atoms with E-state index in [9.17, 15) is 30.3 Å². The summed E-state index contributed by atoms with van der Waals surface area (Å²) in [5.74, 6) is -0.346. The molecule has 1 fully saturated rings. The molecule has 0 saturated carbocycles. The number of aromatic hydroxyl groups is 1. The first-order chi connectivity index (χ1) is 15.8. The van der Waals surface area contributed by atoms with Crippen LogP contribution in [0.15, 0.2) is 36.4 Å². The smallest absolute Gasteiger partial charge is 0.346 e. The third kappa shape index (κ3) is 5.29. The summed E-state index contributed by atoms with van der Waals surface area (Å²) < 4.78 is 26.7. The summed E-state index contributed by atoms with van der Waals surface area (Å²) in [7, 11) is 2.79. The Morgan fingerprint density at radius 3 is 2.24 bits per heavy atom. The van der Waals surface area contributed by atoms with Crippen molar-refractivity contribution >= 4 is 5.97 Å². The summed E-state index contributed by atoms with van der Waals surface area (Å²) in [5, 5.41) is 49.3. The maximum absolute atomic E-state index is 12.7. The van der Waals surface area contributed by atoms with Crippen LogP contribution in [0.5, 0.6) is 23.0 Å². The zero-order valence-corrected chi connectivity index (χ0v) is 18.0. The minimum absolute atomic E-state index is 0.0666. The van der Waals surface area contributed by atoms with Crippen molar-refractivity contribution in [2.75, 3.05) is 20.8 Å². The molecule has 1 heterocycles. The van der Waals surface area contributed by atoms with E-state index in [1.165, 1.54) is 32.4 Å². The van der Waals surface area contributed by atoms with Crippen LogP contribution in [0.4, 0.5) is 0 Å². The second-order valence-corrected chi connectivity index (χ2v) is 7.22. The van der Waals surface area contributed by atoms with E-state index in [1.807, 2.05) is 0 Å². The number of ether oxygens (including phenoxy) is 5. The molecule has 5 unspecified atom stereocenters. The van der Waals surface area contributed by atoms with E-state index >= 15 is 0 Å². The van der Waals surface area contributed by atoms with Crippen LogP contribution in [0.25, 0.3) is 0 Å². The Labute approximate surface area is 189 Å². The Balaban J connectivity index is 1.79. The summed E-state index contributed by atoms with van der Waals surface area (Å²) in [4.78, 5) is 12.7. The summed E-state index contributed by atoms with van der Waals surface area (Å²) in [5.41, 5.74) is 0.285. The van der Waals surface area contributed by atoms with E-state index in [0.717, 1.165) is 0 Å². The first-order valence-corrected chi connectivity index (χ1v) is 9.97. The molecule has 0 aliphatic carbocycles. The number of carbonyl (C=O) groups excluding carboxylic acids is 1. The molecule has 1 aliphatic heterocycles. The van der Waals surface area contributed by atoms with E-state index in [4.69, 9.17) is 23.7 Å². The molecule has 1 aliphatic rings. The van der Waals surface area contributed by atoms with Crippen molar-refractivity contribution in [3.63, 3.8) is 0 Å². The van der Waals surface area contributed by atoms with Crippen molar-refractivity contribution in [2.45, 2.75) is 37.3 Å². The summed E-state index contributed by atoms with van der Waals surface area (Å²) in [6.45, 7) is -0.965. The second-order valence-electron chi connectivity index (χ2n) is 7.22. The molecule has 0 radical (unpaired) electrons. The van der Waals surface area contributed by atoms with Crippen molar-refractivity contribution < 1.29 is 54.0 Å². The molecular weight excluding hydrogens is 440 g/mol. The van der Waals surface area contributed by atoms with E-state index < -0.39 is 43.3 Å². The van der Waals surface area contributed by atoms with Gasteiger partial charge in [-0.2, -0.15) is 0 Å². The van der Waals surface area contributed by atoms with Crippen LogP contribution in [0.2, 0.25) is 0 Å². The van der Waals surface area contributed by atoms with Crippen LogP contribution in [-0.4, -0.2) is 83.0 Å². The number of hydrogen-bond acceptors (Lipinski definition) is 11. The van der Waals surface area contributed by atoms with Gasteiger partial charge in [-0.1, -0.05) is 6.07 Å². The summed E-state index contributed by atoms with van der Waals surface area (Å²) in [6.07, 6.45) is -7.42. The predicted molar refractivity (Wildman–Crippen MR) is 111 cm³/mol. The lowest BCUT2D eigenvalue weighted by atomic mass is 9.99. The van der Waals surface area contributed by atoms with E-state index in [2.05, 4.69) is 0 Å². The first kappa shape index (κ1) is 24.6. The minimum Gasteiger partial charge on any atom is -0.508 e. The standard InChI is InChI=1S/C22H26O11/c1-29-14-4-3-5-15(30-2)17(14)21(28)31-10-11-8-12(24)6-7-13(11)32-22-20(27)19(26)18(25)16(9-23)33-22/h3-8,16,18-20,22-27H,9-10H2,1-2H3. The zero-order chi connectivity index (χ0) is 24.1. The van der Waals surface area contributed by atoms with E-state index in [1.54, 1.807) is 18.2 Å². The van der Waals surface area contributed by atoms with Gasteiger partial charge in [0.05, 0.1) is 20.8 Å². The Kier molecular flexibility index (Phi) is 7.95. The van der Waals surface area contributed by atoms with Crippen molar-refractivity contribution in [1.29, 1.82) is 0 Å². The fraction of sp³-hybridized carbons (Fsp3) is 0.409. The number of aliphatic hydroxyl groups excluding tert-OH is 4. The maximum atomic E-state index is 12.7. The number of methoxy groups -OCH3 is 2. The molecule has 180 valence electrons. The number of hydrogen-bond donors (Lipinski definition) is 5. The lowest BCUT2D eigenvalue weighted by molar-refractivity contribution is -0.277. The monoisotopic (exact) mass is 466 g/mol. The molecule has 11 heteroatoms. The molecule has 0 amide bonds. The van der Waals surface area contributed by atoms with Crippen LogP contribution in [0.1, 0.15) is 15.9 Å². The molecule has 1 saturated heterocycles. The molecule has 0 bridgehead atoms. The van der Waals surface area contributed by atoms with Crippen LogP contribution >= 0.6 is 0 Å². The molecule has 0 spiro atoms. The van der Waals surface area contributed by atoms with Gasteiger partial charge in [-0.25, -0.2) is 4.79 Å². The molecule has 0 aromatic heterocycles. The van der Waals surface area contributed by atoms with Crippen LogP contribution in [-0.2, 0) is 16.1 Å². The highest BCUT2D eigenvalue weighted by Crippen LogP contribution is 2.32. The molecule has 5 atom stereocenters. The van der Waals surface area contributed by atoms with Gasteiger partial charge in [0.25, 0.3) is 0 Å². The zero-order valence-electron chi connectivity index (χ0n) is 18.0. The van der Waals surface area contributed by atoms with Gasteiger partial charge in [-0.3, -0.25) is 0 Å². The van der Waals surface area contributed by atoms with Crippen molar-refractivity contribution in [3.8, 4) is 23.0 Å². The number of esters is 1. The SMILES string of the molecule is COc1cccc(OC)c1C(=O)OCc1cc(O)ccc1OC1OC(CO)C(O)C(O)C1O. The molecule has 5 N–H and O–H groups in total. The normalized spacial score (nSPS) is 24.7. The van der Waals surface area contributed by atoms with Crippen molar-refractivity contribution in [1.82, 2.24) is 0 Å². The number of rotatable bonds is 8. The van der Waals surface area contributed by atoms with Gasteiger partial charge in [-0.05, 0) is 30.3 Å². The predicted octanol–water partition coefficient (Wildman–Crippen LogP) is -0.0549. The highest BCUT2D eigenvalue weighted by Gasteiger charge is 2.44. The minimum atomic E-state index is -1.63. The van der Waals surface area contributed by atoms with Gasteiger partial charge in [0.2, 0.25) is 6.29 Å². The molecular formula is C22H26O11. The lowest BCUT2D eigenvalue weighted by Crippen LogP contribution is -2.60. The average Bonchev–Trinajstić information content (AvgIpc) is 2.83. The molecule has 2 aromatic rings. The van der Waals surface area contributed by atoms with Gasteiger partial charge >= 0.3 is 5.97 Å². The molecule has 3 rings (SSSR count). The van der Waals surface area contributed by atoms with Crippen LogP contribution in [0, 0.1) is 0 Å². The van der Waals surface area contributed by atoms with E-state index in [0.29, 0.717) is 0 Å². The van der Waals surface area contributed by atoms with Crippen LogP contribution in [0.3, 0.4) is 0 Å². The van der Waals surface area contributed by atoms with Gasteiger partial charge in [-0.15, -0.1) is 0 Å². The Hall–Kier alpha value is -3.09. The number of benzene rings is 2. The van der Waals surface area contributed by atoms with Crippen molar-refractivity contribution in [2.24, 2.45) is 0 Å². The number of phenolic OH excluding ortho intramolecular Hbond substituents is 1. The highest BCUT2D eigenvalue weighted by molar-refractivity contribution is 5.95. The molecule has 2 aromatic carbocycles. The van der Waals surface area contributed by atoms with Crippen LogP contribution < -0.4 is 14.2 Å². The first-order valence-electron chi connectivity index (χ1n) is 9.97. The second kappa shape index (κ2) is 10.7. The molecule has 33 heavy (non-hydrogen) atoms. The fourth-order valence-corrected chi connectivity index (χ4v) is 3.35. The largest absolute Gasteiger partial charge is 0.508 e. The summed E-state index contributed by atoms with van der Waals surface area (Å²) >= 11 is 0. The highest BCUT2D eigenvalue weighted by atomic mass is 16.7. The van der Waals surface area contributed by atoms with Gasteiger partial charge in [0, 0.05) is 5.56 Å². The third-order valence-corrected chi connectivity index (χ3v) is 5.13. The Bertz CT molecular complexity index is 939. The van der Waals surface area contributed by atoms with Gasteiger partial charge in [0.15, 0.2) is 0 Å². The maximum Gasteiger partial charge on any atom is 0.346 e. The quantitative estimate of drug-likeness (QED) is 0.331. The number of aliphatic hydroxyl groups is 4. The average molecular weight is 466 g/mol. The Morgan fingerprint density at radius 2 is 1.64 bits per heavy atom. The topological polar surface area (TPSA) is 164 Å². The number of phenols is 1. The third-order valence-electron chi connectivity index (χ3n) is 5.13. The van der Waals surface area contributed by atoms with E-state index in [-0.39, 0.29) is 40.7 Å². The number of carbonyl (C=O) groups is 1. The van der Waals surface area contributed by atoms with Gasteiger partial charge < -0.3 is 49.2 Å². The Morgan fingerprint density at radius 1 is 0.970 bits per heavy atom. The van der Waals surface area contributed by atoms with Crippen molar-refractivity contribution in [3.05, 3.63) is 47.5 Å². The molecule has 11 nitrogen and oxygen atoms in total. The van der Waals surface area contributed by atoms with Gasteiger partial charge in [0.1, 0.15) is 59.6 Å². The fourth-order valence-electron chi connectivity index (χ4n) is 3.35.